The van der Waals surface area contributed by atoms with E-state index >= 15 is 0 Å². The Hall–Kier alpha value is -2.76. The Labute approximate surface area is 131 Å². The predicted molar refractivity (Wildman–Crippen MR) is 83.9 cm³/mol. The molecule has 0 aliphatic carbocycles. The van der Waals surface area contributed by atoms with Crippen LogP contribution in [0.3, 0.4) is 0 Å². The average molecular weight is 320 g/mol. The smallest absolute Gasteiger partial charge is 0.334 e. The summed E-state index contributed by atoms with van der Waals surface area (Å²) in [6.07, 6.45) is -0.747. The van der Waals surface area contributed by atoms with E-state index in [-0.39, 0.29) is 0 Å². The first-order chi connectivity index (χ1) is 10.9. The van der Waals surface area contributed by atoms with Crippen LogP contribution in [-0.4, -0.2) is 12.6 Å². The first-order valence-corrected chi connectivity index (χ1v) is 6.89. The lowest BCUT2D eigenvalue weighted by Crippen LogP contribution is -2.28. The molecule has 2 N–H and O–H groups in total. The Morgan fingerprint density at radius 2 is 1.65 bits per heavy atom. The fourth-order valence-electron chi connectivity index (χ4n) is 1.83. The predicted octanol–water partition coefficient (Wildman–Crippen LogP) is 4.54. The molecular formula is C17H15F3N2O. The standard InChI is InChI=1S/C17H15F3N2O/c18-17(19,20)14-8-10-15(11-9-14)22-16(23)21-12-4-7-13-5-2-1-3-6-13/h1-11H,12H2,(H2,21,22,23). The highest BCUT2D eigenvalue weighted by Crippen LogP contribution is 2.29. The highest BCUT2D eigenvalue weighted by atomic mass is 19.4. The van der Waals surface area contributed by atoms with E-state index in [0.717, 1.165) is 17.7 Å². The van der Waals surface area contributed by atoms with Crippen molar-refractivity contribution < 1.29 is 18.0 Å². The number of hydrogen-bond donors (Lipinski definition) is 2. The topological polar surface area (TPSA) is 41.1 Å². The number of amides is 2. The Kier molecular flexibility index (Phi) is 5.41. The maximum absolute atomic E-state index is 12.4. The van der Waals surface area contributed by atoms with Gasteiger partial charge in [0.05, 0.1) is 5.56 Å². The SMILES string of the molecule is O=C(NCC=Cc1ccccc1)Nc1ccc(C(F)(F)F)cc1. The molecule has 2 aromatic rings. The second-order valence-electron chi connectivity index (χ2n) is 4.72. The van der Waals surface area contributed by atoms with Gasteiger partial charge in [0.1, 0.15) is 0 Å². The van der Waals surface area contributed by atoms with Crippen LogP contribution in [0.2, 0.25) is 0 Å². The van der Waals surface area contributed by atoms with E-state index in [9.17, 15) is 18.0 Å². The van der Waals surface area contributed by atoms with Crippen molar-refractivity contribution in [3.8, 4) is 0 Å². The van der Waals surface area contributed by atoms with Gasteiger partial charge in [0.15, 0.2) is 0 Å². The van der Waals surface area contributed by atoms with E-state index < -0.39 is 17.8 Å². The van der Waals surface area contributed by atoms with E-state index in [0.29, 0.717) is 12.2 Å². The fraction of sp³-hybridized carbons (Fsp3) is 0.118. The molecule has 0 fully saturated rings. The molecule has 0 saturated heterocycles. The van der Waals surface area contributed by atoms with Crippen LogP contribution in [0.1, 0.15) is 11.1 Å². The molecule has 23 heavy (non-hydrogen) atoms. The quantitative estimate of drug-likeness (QED) is 0.853. The monoisotopic (exact) mass is 320 g/mol. The van der Waals surface area contributed by atoms with Crippen molar-refractivity contribution in [1.82, 2.24) is 5.32 Å². The molecule has 0 unspecified atom stereocenters. The summed E-state index contributed by atoms with van der Waals surface area (Å²) in [4.78, 5) is 11.6. The summed E-state index contributed by atoms with van der Waals surface area (Å²) >= 11 is 0. The van der Waals surface area contributed by atoms with Crippen molar-refractivity contribution in [3.05, 3.63) is 71.8 Å². The first kappa shape index (κ1) is 16.6. The molecule has 0 heterocycles. The molecular weight excluding hydrogens is 305 g/mol. The third kappa shape index (κ3) is 5.50. The van der Waals surface area contributed by atoms with Crippen LogP contribution in [0.15, 0.2) is 60.7 Å². The molecule has 0 atom stereocenters. The lowest BCUT2D eigenvalue weighted by molar-refractivity contribution is -0.137. The van der Waals surface area contributed by atoms with E-state index in [1.165, 1.54) is 12.1 Å². The fourth-order valence-corrected chi connectivity index (χ4v) is 1.83. The Balaban J connectivity index is 1.80. The van der Waals surface area contributed by atoms with Crippen molar-refractivity contribution >= 4 is 17.8 Å². The van der Waals surface area contributed by atoms with Crippen LogP contribution in [0.25, 0.3) is 6.08 Å². The molecule has 2 rings (SSSR count). The Bertz CT molecular complexity index is 664. The van der Waals surface area contributed by atoms with Gasteiger partial charge in [0.2, 0.25) is 0 Å². The van der Waals surface area contributed by atoms with Crippen LogP contribution in [0, 0.1) is 0 Å². The second kappa shape index (κ2) is 7.49. The molecule has 0 bridgehead atoms. The number of nitrogens with one attached hydrogen (secondary N) is 2. The number of alkyl halides is 3. The number of rotatable bonds is 4. The summed E-state index contributed by atoms with van der Waals surface area (Å²) in [6, 6.07) is 13.4. The lowest BCUT2D eigenvalue weighted by Gasteiger charge is -2.09. The molecule has 3 nitrogen and oxygen atoms in total. The number of hydrogen-bond acceptors (Lipinski definition) is 1. The van der Waals surface area contributed by atoms with Gasteiger partial charge in [-0.15, -0.1) is 0 Å². The van der Waals surface area contributed by atoms with Crippen molar-refractivity contribution in [1.29, 1.82) is 0 Å². The van der Waals surface area contributed by atoms with E-state index in [4.69, 9.17) is 0 Å². The zero-order valence-corrected chi connectivity index (χ0v) is 12.1. The van der Waals surface area contributed by atoms with Crippen LogP contribution in [-0.2, 0) is 6.18 Å². The molecule has 6 heteroatoms. The van der Waals surface area contributed by atoms with Crippen LogP contribution in [0.5, 0.6) is 0 Å². The van der Waals surface area contributed by atoms with Crippen molar-refractivity contribution in [3.63, 3.8) is 0 Å². The molecule has 0 saturated carbocycles. The lowest BCUT2D eigenvalue weighted by atomic mass is 10.2. The normalized spacial score (nSPS) is 11.4. The second-order valence-corrected chi connectivity index (χ2v) is 4.72. The van der Waals surface area contributed by atoms with Gasteiger partial charge < -0.3 is 10.6 Å². The van der Waals surface area contributed by atoms with Gasteiger partial charge in [-0.1, -0.05) is 42.5 Å². The van der Waals surface area contributed by atoms with E-state index in [1.807, 2.05) is 36.4 Å². The molecule has 2 aromatic carbocycles. The molecule has 0 aliphatic heterocycles. The minimum absolute atomic E-state index is 0.294. The molecule has 0 radical (unpaired) electrons. The zero-order chi connectivity index (χ0) is 16.7. The highest BCUT2D eigenvalue weighted by Gasteiger charge is 2.29. The molecule has 120 valence electrons. The minimum Gasteiger partial charge on any atom is -0.334 e. The minimum atomic E-state index is -4.39. The number of anilines is 1. The molecule has 2 amide bonds. The van der Waals surface area contributed by atoms with Gasteiger partial charge in [-0.3, -0.25) is 0 Å². The van der Waals surface area contributed by atoms with Gasteiger partial charge in [0, 0.05) is 12.2 Å². The number of urea groups is 1. The van der Waals surface area contributed by atoms with E-state index in [1.54, 1.807) is 6.08 Å². The third-order valence-electron chi connectivity index (χ3n) is 2.96. The largest absolute Gasteiger partial charge is 0.416 e. The van der Waals surface area contributed by atoms with E-state index in [2.05, 4.69) is 10.6 Å². The summed E-state index contributed by atoms with van der Waals surface area (Å²) in [7, 11) is 0. The third-order valence-corrected chi connectivity index (χ3v) is 2.96. The van der Waals surface area contributed by atoms with Gasteiger partial charge >= 0.3 is 12.2 Å². The van der Waals surface area contributed by atoms with Gasteiger partial charge in [-0.2, -0.15) is 13.2 Å². The number of carbonyl (C=O) groups excluding carboxylic acids is 1. The number of halogens is 3. The van der Waals surface area contributed by atoms with Gasteiger partial charge in [-0.05, 0) is 29.8 Å². The highest BCUT2D eigenvalue weighted by molar-refractivity contribution is 5.89. The van der Waals surface area contributed by atoms with Crippen LogP contribution < -0.4 is 10.6 Å². The first-order valence-electron chi connectivity index (χ1n) is 6.89. The molecule has 0 aromatic heterocycles. The summed E-state index contributed by atoms with van der Waals surface area (Å²) in [5, 5.41) is 5.06. The summed E-state index contributed by atoms with van der Waals surface area (Å²) in [5.41, 5.74) is 0.550. The summed E-state index contributed by atoms with van der Waals surface area (Å²) in [5.74, 6) is 0. The Morgan fingerprint density at radius 1 is 1.00 bits per heavy atom. The van der Waals surface area contributed by atoms with Crippen LogP contribution >= 0.6 is 0 Å². The van der Waals surface area contributed by atoms with Crippen molar-refractivity contribution in [2.75, 3.05) is 11.9 Å². The molecule has 0 spiro atoms. The molecule has 0 aliphatic rings. The van der Waals surface area contributed by atoms with Gasteiger partial charge in [0.25, 0.3) is 0 Å². The zero-order valence-electron chi connectivity index (χ0n) is 12.1. The summed E-state index contributed by atoms with van der Waals surface area (Å²) in [6.45, 7) is 0.307. The summed E-state index contributed by atoms with van der Waals surface area (Å²) < 4.78 is 37.3. The number of benzene rings is 2. The maximum Gasteiger partial charge on any atom is 0.416 e. The average Bonchev–Trinajstić information content (AvgIpc) is 2.52. The number of carbonyl (C=O) groups is 1. The van der Waals surface area contributed by atoms with Crippen LogP contribution in [0.4, 0.5) is 23.7 Å². The maximum atomic E-state index is 12.4. The van der Waals surface area contributed by atoms with Crippen molar-refractivity contribution in [2.24, 2.45) is 0 Å². The Morgan fingerprint density at radius 3 is 2.26 bits per heavy atom. The van der Waals surface area contributed by atoms with Gasteiger partial charge in [-0.25, -0.2) is 4.79 Å². The van der Waals surface area contributed by atoms with Crippen molar-refractivity contribution in [2.45, 2.75) is 6.18 Å².